The average molecular weight is 671 g/mol. The molecule has 11 heteroatoms. The quantitative estimate of drug-likeness (QED) is 0.175. The van der Waals surface area contributed by atoms with Crippen LogP contribution in [-0.2, 0) is 59.2 Å². The normalized spacial score (nSPS) is 17.7. The van der Waals surface area contributed by atoms with Crippen LogP contribution in [0.5, 0.6) is 0 Å². The lowest BCUT2D eigenvalue weighted by Crippen LogP contribution is -2.57. The fraction of sp³-hybridized carbons (Fsp3) is 0.421. The van der Waals surface area contributed by atoms with Gasteiger partial charge >= 0.3 is 0 Å². The fourth-order valence-corrected chi connectivity index (χ4v) is 5.84. The SMILES string of the molecule is COC[C@H](NC(=O)[C@H](CCc1ccccc1)NC(=O)Cc1ccc(CN2CCOCC2)cc1)C(=O)N[C@@H](Cc1ccccc1)C(=O)[C@H]1CO1. The highest BCUT2D eigenvalue weighted by Gasteiger charge is 2.38. The molecule has 0 spiro atoms. The van der Waals surface area contributed by atoms with Gasteiger partial charge in [-0.2, -0.15) is 0 Å². The first-order valence-electron chi connectivity index (χ1n) is 16.9. The molecule has 0 saturated carbocycles. The topological polar surface area (TPSA) is 139 Å². The zero-order valence-corrected chi connectivity index (χ0v) is 28.0. The Kier molecular flexibility index (Phi) is 13.5. The second-order valence-electron chi connectivity index (χ2n) is 12.5. The number of methoxy groups -OCH3 is 1. The summed E-state index contributed by atoms with van der Waals surface area (Å²) in [6, 6.07) is 24.1. The maximum atomic E-state index is 13.7. The van der Waals surface area contributed by atoms with Crippen molar-refractivity contribution in [3.63, 3.8) is 0 Å². The fourth-order valence-electron chi connectivity index (χ4n) is 5.84. The predicted molar refractivity (Wildman–Crippen MR) is 184 cm³/mol. The summed E-state index contributed by atoms with van der Waals surface area (Å²) < 4.78 is 15.9. The molecule has 0 bridgehead atoms. The number of ketones is 1. The van der Waals surface area contributed by atoms with Gasteiger partial charge in [0.2, 0.25) is 17.7 Å². The van der Waals surface area contributed by atoms with Crippen molar-refractivity contribution in [3.8, 4) is 0 Å². The van der Waals surface area contributed by atoms with Crippen LogP contribution >= 0.6 is 0 Å². The molecule has 5 rings (SSSR count). The number of morpholine rings is 1. The van der Waals surface area contributed by atoms with E-state index in [1.807, 2.05) is 84.9 Å². The third kappa shape index (κ3) is 11.6. The summed E-state index contributed by atoms with van der Waals surface area (Å²) in [5.74, 6) is -1.60. The number of hydrogen-bond acceptors (Lipinski definition) is 8. The number of ether oxygens (including phenoxy) is 3. The molecule has 3 aromatic carbocycles. The molecule has 2 fully saturated rings. The monoisotopic (exact) mass is 670 g/mol. The van der Waals surface area contributed by atoms with Crippen molar-refractivity contribution in [2.45, 2.75) is 56.5 Å². The van der Waals surface area contributed by atoms with Crippen molar-refractivity contribution in [1.82, 2.24) is 20.9 Å². The van der Waals surface area contributed by atoms with Gasteiger partial charge in [0.25, 0.3) is 0 Å². The van der Waals surface area contributed by atoms with E-state index >= 15 is 0 Å². The van der Waals surface area contributed by atoms with Gasteiger partial charge in [0.15, 0.2) is 5.78 Å². The van der Waals surface area contributed by atoms with Gasteiger partial charge in [-0.1, -0.05) is 84.9 Å². The van der Waals surface area contributed by atoms with E-state index < -0.39 is 36.0 Å². The van der Waals surface area contributed by atoms with Crippen LogP contribution < -0.4 is 16.0 Å². The van der Waals surface area contributed by atoms with E-state index in [2.05, 4.69) is 20.9 Å². The first-order valence-corrected chi connectivity index (χ1v) is 16.9. The molecule has 3 amide bonds. The molecule has 2 aliphatic heterocycles. The van der Waals surface area contributed by atoms with Gasteiger partial charge in [0.1, 0.15) is 18.2 Å². The van der Waals surface area contributed by atoms with E-state index in [4.69, 9.17) is 14.2 Å². The second kappa shape index (κ2) is 18.4. The van der Waals surface area contributed by atoms with Gasteiger partial charge < -0.3 is 30.2 Å². The summed E-state index contributed by atoms with van der Waals surface area (Å²) in [5.41, 5.74) is 3.88. The van der Waals surface area contributed by atoms with Gasteiger partial charge in [-0.15, -0.1) is 0 Å². The Labute approximate surface area is 287 Å². The van der Waals surface area contributed by atoms with Crippen molar-refractivity contribution < 1.29 is 33.4 Å². The number of rotatable bonds is 18. The summed E-state index contributed by atoms with van der Waals surface area (Å²) in [5, 5.41) is 8.49. The van der Waals surface area contributed by atoms with Crippen molar-refractivity contribution in [2.75, 3.05) is 46.6 Å². The van der Waals surface area contributed by atoms with Crippen molar-refractivity contribution in [2.24, 2.45) is 0 Å². The molecule has 2 saturated heterocycles. The molecular formula is C38H46N4O7. The number of carbonyl (C=O) groups excluding carboxylic acids is 4. The number of carbonyl (C=O) groups is 4. The zero-order valence-electron chi connectivity index (χ0n) is 28.0. The third-order valence-corrected chi connectivity index (χ3v) is 8.67. The molecule has 260 valence electrons. The Balaban J connectivity index is 1.22. The standard InChI is InChI=1S/C38H46N4O7/c1-47-25-33(38(46)40-32(36(44)34-26-49-34)22-28-10-6-3-7-11-28)41-37(45)31(17-16-27-8-4-2-5-9-27)39-35(43)23-29-12-14-30(15-13-29)24-42-18-20-48-21-19-42/h2-15,31-34H,16-26H2,1H3,(H,39,43)(H,40,46)(H,41,45)/t31-,32-,33-,34+/m0/s1. The maximum absolute atomic E-state index is 13.7. The molecule has 0 unspecified atom stereocenters. The number of aryl methyl sites for hydroxylation is 1. The predicted octanol–water partition coefficient (Wildman–Crippen LogP) is 2.01. The van der Waals surface area contributed by atoms with Crippen LogP contribution in [-0.4, -0.2) is 99.3 Å². The molecule has 11 nitrogen and oxygen atoms in total. The molecule has 0 radical (unpaired) electrons. The summed E-state index contributed by atoms with van der Waals surface area (Å²) in [6.45, 7) is 4.27. The Morgan fingerprint density at radius 2 is 1.35 bits per heavy atom. The van der Waals surface area contributed by atoms with Crippen molar-refractivity contribution in [1.29, 1.82) is 0 Å². The van der Waals surface area contributed by atoms with Gasteiger partial charge in [-0.05, 0) is 41.5 Å². The molecule has 2 heterocycles. The number of benzene rings is 3. The van der Waals surface area contributed by atoms with E-state index in [1.165, 1.54) is 7.11 Å². The minimum atomic E-state index is -1.10. The lowest BCUT2D eigenvalue weighted by Gasteiger charge is -2.26. The summed E-state index contributed by atoms with van der Waals surface area (Å²) in [7, 11) is 1.43. The first-order chi connectivity index (χ1) is 23.9. The lowest BCUT2D eigenvalue weighted by molar-refractivity contribution is -0.134. The Bertz CT molecular complexity index is 1510. The van der Waals surface area contributed by atoms with Crippen LogP contribution in [0, 0.1) is 0 Å². The average Bonchev–Trinajstić information content (AvgIpc) is 3.97. The van der Waals surface area contributed by atoms with Crippen molar-refractivity contribution >= 4 is 23.5 Å². The summed E-state index contributed by atoms with van der Waals surface area (Å²) in [4.78, 5) is 55.9. The van der Waals surface area contributed by atoms with E-state index in [0.717, 1.165) is 55.1 Å². The Morgan fingerprint density at radius 1 is 0.755 bits per heavy atom. The summed E-state index contributed by atoms with van der Waals surface area (Å²) >= 11 is 0. The highest BCUT2D eigenvalue weighted by molar-refractivity contribution is 5.96. The molecular weight excluding hydrogens is 624 g/mol. The number of Topliss-reactive ketones (excluding diaryl/α,β-unsaturated/α-hetero) is 1. The Hall–Kier alpha value is -4.42. The number of epoxide rings is 1. The van der Waals surface area contributed by atoms with Gasteiger partial charge in [0, 0.05) is 26.7 Å². The van der Waals surface area contributed by atoms with E-state index in [9.17, 15) is 19.2 Å². The zero-order chi connectivity index (χ0) is 34.4. The molecule has 3 aromatic rings. The smallest absolute Gasteiger partial charge is 0.245 e. The number of hydrogen-bond donors (Lipinski definition) is 3. The Morgan fingerprint density at radius 3 is 1.98 bits per heavy atom. The largest absolute Gasteiger partial charge is 0.382 e. The van der Waals surface area contributed by atoms with Crippen LogP contribution in [0.2, 0.25) is 0 Å². The lowest BCUT2D eigenvalue weighted by atomic mass is 10.00. The molecule has 3 N–H and O–H groups in total. The third-order valence-electron chi connectivity index (χ3n) is 8.67. The highest BCUT2D eigenvalue weighted by atomic mass is 16.6. The van der Waals surface area contributed by atoms with Crippen LogP contribution in [0.4, 0.5) is 0 Å². The van der Waals surface area contributed by atoms with Crippen LogP contribution in [0.15, 0.2) is 84.9 Å². The first kappa shape index (κ1) is 35.9. The molecule has 49 heavy (non-hydrogen) atoms. The minimum absolute atomic E-state index is 0.0987. The maximum Gasteiger partial charge on any atom is 0.245 e. The van der Waals surface area contributed by atoms with Crippen LogP contribution in [0.1, 0.15) is 28.7 Å². The molecule has 4 atom stereocenters. The minimum Gasteiger partial charge on any atom is -0.382 e. The number of amides is 3. The highest BCUT2D eigenvalue weighted by Crippen LogP contribution is 2.16. The van der Waals surface area contributed by atoms with Gasteiger partial charge in [0.05, 0.1) is 38.9 Å². The second-order valence-corrected chi connectivity index (χ2v) is 12.5. The van der Waals surface area contributed by atoms with Crippen LogP contribution in [0.3, 0.4) is 0 Å². The van der Waals surface area contributed by atoms with Crippen molar-refractivity contribution in [3.05, 3.63) is 107 Å². The van der Waals surface area contributed by atoms with Crippen LogP contribution in [0.25, 0.3) is 0 Å². The number of nitrogens with zero attached hydrogens (tertiary/aromatic N) is 1. The summed E-state index contributed by atoms with van der Waals surface area (Å²) in [6.07, 6.45) is 0.675. The van der Waals surface area contributed by atoms with E-state index in [0.29, 0.717) is 19.4 Å². The molecule has 0 aliphatic carbocycles. The molecule has 2 aliphatic rings. The van der Waals surface area contributed by atoms with Gasteiger partial charge in [-0.25, -0.2) is 0 Å². The molecule has 0 aromatic heterocycles. The van der Waals surface area contributed by atoms with E-state index in [-0.39, 0.29) is 31.1 Å². The van der Waals surface area contributed by atoms with E-state index in [1.54, 1.807) is 0 Å². The van der Waals surface area contributed by atoms with Gasteiger partial charge in [-0.3, -0.25) is 24.1 Å². The number of nitrogens with one attached hydrogen (secondary N) is 3.